The SMILES string of the molecule is C[C@@H](O)c1cc(F)ccc1OCc1cc(Br)ccc1F. The average Bonchev–Trinajstić information content (AvgIpc) is 2.40. The smallest absolute Gasteiger partial charge is 0.129 e. The van der Waals surface area contributed by atoms with Crippen molar-refractivity contribution in [3.63, 3.8) is 0 Å². The van der Waals surface area contributed by atoms with Crippen LogP contribution in [0.1, 0.15) is 24.2 Å². The minimum atomic E-state index is -0.868. The van der Waals surface area contributed by atoms with Gasteiger partial charge in [0.25, 0.3) is 0 Å². The van der Waals surface area contributed by atoms with E-state index >= 15 is 0 Å². The summed E-state index contributed by atoms with van der Waals surface area (Å²) in [5.74, 6) is -0.503. The third-order valence-corrected chi connectivity index (χ3v) is 3.31. The molecule has 2 nitrogen and oxygen atoms in total. The molecule has 2 rings (SSSR count). The van der Waals surface area contributed by atoms with Crippen LogP contribution in [0, 0.1) is 11.6 Å². The summed E-state index contributed by atoms with van der Waals surface area (Å²) in [6.07, 6.45) is -0.868. The number of ether oxygens (including phenoxy) is 1. The van der Waals surface area contributed by atoms with Gasteiger partial charge in [0.05, 0.1) is 6.10 Å². The summed E-state index contributed by atoms with van der Waals surface area (Å²) in [7, 11) is 0. The van der Waals surface area contributed by atoms with Gasteiger partial charge in [-0.1, -0.05) is 15.9 Å². The van der Waals surface area contributed by atoms with Crippen LogP contribution in [-0.2, 0) is 6.61 Å². The van der Waals surface area contributed by atoms with Crippen LogP contribution in [0.5, 0.6) is 5.75 Å². The minimum Gasteiger partial charge on any atom is -0.488 e. The highest BCUT2D eigenvalue weighted by atomic mass is 79.9. The lowest BCUT2D eigenvalue weighted by atomic mass is 10.1. The van der Waals surface area contributed by atoms with Gasteiger partial charge in [0.2, 0.25) is 0 Å². The predicted octanol–water partition coefficient (Wildman–Crippen LogP) is 4.36. The van der Waals surface area contributed by atoms with Crippen molar-refractivity contribution >= 4 is 15.9 Å². The van der Waals surface area contributed by atoms with Crippen LogP contribution in [0.25, 0.3) is 0 Å². The molecule has 20 heavy (non-hydrogen) atoms. The van der Waals surface area contributed by atoms with Crippen molar-refractivity contribution in [2.75, 3.05) is 0 Å². The highest BCUT2D eigenvalue weighted by Crippen LogP contribution is 2.27. The lowest BCUT2D eigenvalue weighted by Gasteiger charge is -2.14. The van der Waals surface area contributed by atoms with Crippen molar-refractivity contribution in [1.82, 2.24) is 0 Å². The summed E-state index contributed by atoms with van der Waals surface area (Å²) in [4.78, 5) is 0. The second-order valence-corrected chi connectivity index (χ2v) is 5.30. The van der Waals surface area contributed by atoms with E-state index in [2.05, 4.69) is 15.9 Å². The Bertz CT molecular complexity index is 615. The van der Waals surface area contributed by atoms with E-state index in [-0.39, 0.29) is 12.4 Å². The first-order valence-electron chi connectivity index (χ1n) is 6.01. The Morgan fingerprint density at radius 1 is 1.20 bits per heavy atom. The Kier molecular flexibility index (Phi) is 4.73. The first-order valence-corrected chi connectivity index (χ1v) is 6.81. The van der Waals surface area contributed by atoms with E-state index in [0.717, 1.165) is 4.47 Å². The molecular weight excluding hydrogens is 330 g/mol. The van der Waals surface area contributed by atoms with Crippen molar-refractivity contribution in [1.29, 1.82) is 0 Å². The monoisotopic (exact) mass is 342 g/mol. The van der Waals surface area contributed by atoms with Gasteiger partial charge >= 0.3 is 0 Å². The predicted molar refractivity (Wildman–Crippen MR) is 75.5 cm³/mol. The molecule has 0 unspecified atom stereocenters. The summed E-state index contributed by atoms with van der Waals surface area (Å²) < 4.78 is 33.0. The fraction of sp³-hybridized carbons (Fsp3) is 0.200. The molecule has 0 heterocycles. The van der Waals surface area contributed by atoms with Crippen molar-refractivity contribution in [2.24, 2.45) is 0 Å². The zero-order valence-electron chi connectivity index (χ0n) is 10.7. The van der Waals surface area contributed by atoms with Crippen LogP contribution in [0.15, 0.2) is 40.9 Å². The maximum Gasteiger partial charge on any atom is 0.129 e. The van der Waals surface area contributed by atoms with Gasteiger partial charge in [-0.25, -0.2) is 8.78 Å². The van der Waals surface area contributed by atoms with Gasteiger partial charge < -0.3 is 9.84 Å². The van der Waals surface area contributed by atoms with Gasteiger partial charge in [-0.3, -0.25) is 0 Å². The Labute approximate surface area is 124 Å². The summed E-state index contributed by atoms with van der Waals surface area (Å²) in [5.41, 5.74) is 0.709. The highest BCUT2D eigenvalue weighted by molar-refractivity contribution is 9.10. The van der Waals surface area contributed by atoms with Crippen molar-refractivity contribution < 1.29 is 18.6 Å². The molecule has 2 aromatic carbocycles. The summed E-state index contributed by atoms with van der Waals surface area (Å²) >= 11 is 3.26. The second-order valence-electron chi connectivity index (χ2n) is 4.38. The standard InChI is InChI=1S/C15H13BrF2O2/c1-9(19)13-7-12(17)3-5-15(13)20-8-10-6-11(16)2-4-14(10)18/h2-7,9,19H,8H2,1H3/t9-/m1/s1. The minimum absolute atomic E-state index is 0.00335. The first kappa shape index (κ1) is 14.9. The quantitative estimate of drug-likeness (QED) is 0.894. The summed E-state index contributed by atoms with van der Waals surface area (Å²) in [5, 5.41) is 9.60. The molecule has 1 atom stereocenters. The summed E-state index contributed by atoms with van der Waals surface area (Å²) in [6, 6.07) is 8.41. The Morgan fingerprint density at radius 3 is 2.65 bits per heavy atom. The third-order valence-electron chi connectivity index (χ3n) is 2.81. The number of hydrogen-bond acceptors (Lipinski definition) is 2. The molecule has 106 valence electrons. The lowest BCUT2D eigenvalue weighted by Crippen LogP contribution is -2.03. The van der Waals surface area contributed by atoms with Gasteiger partial charge in [0, 0.05) is 15.6 Å². The molecule has 2 aromatic rings. The van der Waals surface area contributed by atoms with E-state index in [1.165, 1.54) is 31.2 Å². The van der Waals surface area contributed by atoms with Crippen LogP contribution in [0.2, 0.25) is 0 Å². The molecule has 0 aliphatic carbocycles. The lowest BCUT2D eigenvalue weighted by molar-refractivity contribution is 0.189. The largest absolute Gasteiger partial charge is 0.488 e. The number of aliphatic hydroxyl groups is 1. The molecule has 0 fully saturated rings. The maximum absolute atomic E-state index is 13.6. The number of hydrogen-bond donors (Lipinski definition) is 1. The third kappa shape index (κ3) is 3.55. The van der Waals surface area contributed by atoms with Crippen molar-refractivity contribution in [2.45, 2.75) is 19.6 Å². The zero-order chi connectivity index (χ0) is 14.7. The molecule has 0 aliphatic rings. The van der Waals surface area contributed by atoms with Crippen LogP contribution in [0.4, 0.5) is 8.78 Å². The molecule has 0 saturated carbocycles. The number of rotatable bonds is 4. The molecule has 5 heteroatoms. The van der Waals surface area contributed by atoms with Crippen LogP contribution < -0.4 is 4.74 Å². The molecule has 0 saturated heterocycles. The molecule has 0 amide bonds. The molecule has 0 aliphatic heterocycles. The Morgan fingerprint density at radius 2 is 1.95 bits per heavy atom. The molecule has 0 spiro atoms. The van der Waals surface area contributed by atoms with E-state index in [4.69, 9.17) is 4.74 Å². The Balaban J connectivity index is 2.20. The van der Waals surface area contributed by atoms with Crippen LogP contribution >= 0.6 is 15.9 Å². The average molecular weight is 343 g/mol. The fourth-order valence-electron chi connectivity index (χ4n) is 1.79. The van der Waals surface area contributed by atoms with Gasteiger partial charge in [0.15, 0.2) is 0 Å². The molecule has 1 N–H and O–H groups in total. The zero-order valence-corrected chi connectivity index (χ0v) is 12.3. The number of aliphatic hydroxyl groups excluding tert-OH is 1. The highest BCUT2D eigenvalue weighted by Gasteiger charge is 2.12. The van der Waals surface area contributed by atoms with Gasteiger partial charge in [-0.15, -0.1) is 0 Å². The van der Waals surface area contributed by atoms with E-state index in [1.807, 2.05) is 0 Å². The molecule has 0 radical (unpaired) electrons. The molecule has 0 bridgehead atoms. The maximum atomic E-state index is 13.6. The number of benzene rings is 2. The van der Waals surface area contributed by atoms with E-state index in [0.29, 0.717) is 16.9 Å². The van der Waals surface area contributed by atoms with Crippen LogP contribution in [0.3, 0.4) is 0 Å². The van der Waals surface area contributed by atoms with Crippen molar-refractivity contribution in [3.8, 4) is 5.75 Å². The van der Waals surface area contributed by atoms with E-state index in [9.17, 15) is 13.9 Å². The fourth-order valence-corrected chi connectivity index (χ4v) is 2.20. The molecule has 0 aromatic heterocycles. The van der Waals surface area contributed by atoms with Gasteiger partial charge in [0.1, 0.15) is 24.0 Å². The molecular formula is C15H13BrF2O2. The second kappa shape index (κ2) is 6.33. The normalized spacial score (nSPS) is 12.2. The van der Waals surface area contributed by atoms with Crippen LogP contribution in [-0.4, -0.2) is 5.11 Å². The van der Waals surface area contributed by atoms with Crippen molar-refractivity contribution in [3.05, 3.63) is 63.6 Å². The van der Waals surface area contributed by atoms with Gasteiger partial charge in [-0.05, 0) is 43.3 Å². The topological polar surface area (TPSA) is 29.5 Å². The first-order chi connectivity index (χ1) is 9.47. The van der Waals surface area contributed by atoms with E-state index < -0.39 is 11.9 Å². The summed E-state index contributed by atoms with van der Waals surface area (Å²) in [6.45, 7) is 1.51. The van der Waals surface area contributed by atoms with E-state index in [1.54, 1.807) is 12.1 Å². The number of halogens is 3. The van der Waals surface area contributed by atoms with Gasteiger partial charge in [-0.2, -0.15) is 0 Å². The Hall–Kier alpha value is -1.46.